The molecule has 9 aliphatic rings. The van der Waals surface area contributed by atoms with E-state index in [-0.39, 0.29) is 0 Å². The van der Waals surface area contributed by atoms with E-state index in [0.717, 1.165) is 35.5 Å². The highest BCUT2D eigenvalue weighted by Gasteiger charge is 2.66. The maximum atomic E-state index is 4.35. The van der Waals surface area contributed by atoms with E-state index in [4.69, 9.17) is 0 Å². The van der Waals surface area contributed by atoms with Gasteiger partial charge in [-0.05, 0) is 146 Å². The molecule has 3 aromatic rings. The molecule has 0 heterocycles. The molecule has 3 fully saturated rings. The summed E-state index contributed by atoms with van der Waals surface area (Å²) >= 11 is 8.69. The predicted molar refractivity (Wildman–Crippen MR) is 169 cm³/mol. The molecule has 0 nitrogen and oxygen atoms in total. The third-order valence-corrected chi connectivity index (χ3v) is 16.0. The van der Waals surface area contributed by atoms with Crippen LogP contribution in [0.2, 0.25) is 0 Å². The van der Waals surface area contributed by atoms with Crippen LogP contribution < -0.4 is 0 Å². The van der Waals surface area contributed by atoms with Crippen LogP contribution in [0, 0.1) is 35.5 Å². The van der Waals surface area contributed by atoms with Gasteiger partial charge in [0.25, 0.3) is 0 Å². The van der Waals surface area contributed by atoms with Crippen LogP contribution in [0.3, 0.4) is 0 Å². The third-order valence-electron chi connectivity index (χ3n) is 13.9. The second-order valence-corrected chi connectivity index (χ2v) is 16.4. The Kier molecular flexibility index (Phi) is 3.90. The van der Waals surface area contributed by atoms with Crippen LogP contribution in [0.4, 0.5) is 0 Å². The molecular formula is C39H30Br2. The minimum Gasteiger partial charge on any atom is -0.0620 e. The molecule has 0 unspecified atom stereocenters. The Hall–Kier alpha value is -2.16. The predicted octanol–water partition coefficient (Wildman–Crippen LogP) is 10.2. The Labute approximate surface area is 258 Å². The molecule has 41 heavy (non-hydrogen) atoms. The van der Waals surface area contributed by atoms with Gasteiger partial charge in [0.05, 0.1) is 0 Å². The largest absolute Gasteiger partial charge is 0.0620 e. The minimum absolute atomic E-state index is 0.688. The average Bonchev–Trinajstić information content (AvgIpc) is 3.77. The fourth-order valence-electron chi connectivity index (χ4n) is 12.9. The van der Waals surface area contributed by atoms with E-state index in [0.29, 0.717) is 35.5 Å². The van der Waals surface area contributed by atoms with Crippen LogP contribution in [-0.4, -0.2) is 0 Å². The molecule has 0 saturated heterocycles. The van der Waals surface area contributed by atoms with Gasteiger partial charge < -0.3 is 0 Å². The van der Waals surface area contributed by atoms with Crippen molar-refractivity contribution in [1.82, 2.24) is 0 Å². The summed E-state index contributed by atoms with van der Waals surface area (Å²) in [5.41, 5.74) is 17.2. The smallest absolute Gasteiger partial charge is 0.00262 e. The molecule has 12 rings (SSSR count). The quantitative estimate of drug-likeness (QED) is 0.257. The number of rotatable bonds is 2. The van der Waals surface area contributed by atoms with Gasteiger partial charge in [-0.3, -0.25) is 0 Å². The first-order valence-electron chi connectivity index (χ1n) is 16.0. The maximum absolute atomic E-state index is 4.35. The Morgan fingerprint density at radius 2 is 0.585 bits per heavy atom. The first-order chi connectivity index (χ1) is 20.2. The Morgan fingerprint density at radius 1 is 0.341 bits per heavy atom. The topological polar surface area (TPSA) is 0 Å². The lowest BCUT2D eigenvalue weighted by molar-refractivity contribution is 0.390. The van der Waals surface area contributed by atoms with Gasteiger partial charge in [0, 0.05) is 8.96 Å². The summed E-state index contributed by atoms with van der Waals surface area (Å²) in [6.45, 7) is 0. The van der Waals surface area contributed by atoms with E-state index >= 15 is 0 Å². The van der Waals surface area contributed by atoms with Gasteiger partial charge in [-0.25, -0.2) is 0 Å². The zero-order valence-corrected chi connectivity index (χ0v) is 25.9. The van der Waals surface area contributed by atoms with E-state index < -0.39 is 0 Å². The molecule has 0 spiro atoms. The van der Waals surface area contributed by atoms with Crippen molar-refractivity contribution in [3.8, 4) is 0 Å². The highest BCUT2D eigenvalue weighted by Crippen LogP contribution is 2.79. The maximum Gasteiger partial charge on any atom is 0.00262 e. The van der Waals surface area contributed by atoms with Crippen molar-refractivity contribution in [3.63, 3.8) is 0 Å². The third kappa shape index (κ3) is 2.25. The van der Waals surface area contributed by atoms with Crippen molar-refractivity contribution in [2.45, 2.75) is 54.8 Å². The van der Waals surface area contributed by atoms with Crippen molar-refractivity contribution in [2.75, 3.05) is 0 Å². The summed E-state index contributed by atoms with van der Waals surface area (Å²) in [6, 6.07) is 28.3. The normalized spacial score (nSPS) is 43.8. The number of allylic oxidation sites excluding steroid dienone is 6. The summed E-state index contributed by atoms with van der Waals surface area (Å²) in [5, 5.41) is 0. The second kappa shape index (κ2) is 7.13. The number of benzene rings is 3. The van der Waals surface area contributed by atoms with E-state index in [1.165, 1.54) is 19.3 Å². The lowest BCUT2D eigenvalue weighted by Gasteiger charge is -2.49. The SMILES string of the molecule is BrC1=C(C2=C(C3=C(Br)[C@@H]4C[C@H]3[C@@H]3c5ccccc5[C@@H]34)[C@@H]3C[C@H]2[C@H]2c4ccccc4[C@H]23)[C@@H]2C[C@H]1[C@@H]1c3ccccc3[C@@H]12. The molecule has 200 valence electrons. The van der Waals surface area contributed by atoms with Gasteiger partial charge in [-0.1, -0.05) is 105 Å². The summed E-state index contributed by atoms with van der Waals surface area (Å²) in [6.07, 6.45) is 4.07. The molecular weight excluding hydrogens is 628 g/mol. The van der Waals surface area contributed by atoms with Gasteiger partial charge in [-0.15, -0.1) is 0 Å². The van der Waals surface area contributed by atoms with Crippen LogP contribution in [-0.2, 0) is 0 Å². The molecule has 0 N–H and O–H groups in total. The van der Waals surface area contributed by atoms with E-state index in [9.17, 15) is 0 Å². The molecule has 0 amide bonds. The van der Waals surface area contributed by atoms with Crippen LogP contribution in [0.25, 0.3) is 0 Å². The lowest BCUT2D eigenvalue weighted by Crippen LogP contribution is -2.36. The van der Waals surface area contributed by atoms with E-state index in [1.807, 2.05) is 11.1 Å². The number of halogens is 2. The zero-order chi connectivity index (χ0) is 26.5. The molecule has 6 bridgehead atoms. The molecule has 9 aliphatic carbocycles. The standard InChI is InChI=1S/C39H30Br2/c40-38-26-14-24(30-18-9-3-5-11-20(18)32(26)30)36(38)34-22-13-23(29-17-8-2-1-7-16(17)28(22)29)35(34)37-25-15-27(39(37)41)33-21-12-6-4-10-19(21)31(25)33/h1-12,22-33H,13-15H2/t22-,23+,24+,25-,26-,27+,28+,29-,30+,31-,32-,33+. The van der Waals surface area contributed by atoms with Crippen LogP contribution in [0.5, 0.6) is 0 Å². The molecule has 3 aromatic carbocycles. The van der Waals surface area contributed by atoms with Crippen LogP contribution in [0.15, 0.2) is 104 Å². The molecule has 0 aliphatic heterocycles. The van der Waals surface area contributed by atoms with Crippen molar-refractivity contribution in [3.05, 3.63) is 137 Å². The fraction of sp³-hybridized carbons (Fsp3) is 0.385. The first kappa shape index (κ1) is 22.4. The van der Waals surface area contributed by atoms with Gasteiger partial charge in [-0.2, -0.15) is 0 Å². The van der Waals surface area contributed by atoms with Gasteiger partial charge in [0.15, 0.2) is 0 Å². The van der Waals surface area contributed by atoms with E-state index in [1.54, 1.807) is 53.5 Å². The number of hydrogen-bond acceptors (Lipinski definition) is 0. The van der Waals surface area contributed by atoms with Crippen LogP contribution >= 0.6 is 31.9 Å². The van der Waals surface area contributed by atoms with Gasteiger partial charge >= 0.3 is 0 Å². The highest BCUT2D eigenvalue weighted by atomic mass is 79.9. The fourth-order valence-corrected chi connectivity index (χ4v) is 14.9. The first-order valence-corrected chi connectivity index (χ1v) is 17.6. The number of fused-ring (bicyclic) bond motifs is 24. The summed E-state index contributed by atoms with van der Waals surface area (Å²) in [7, 11) is 0. The average molecular weight is 658 g/mol. The molecule has 3 saturated carbocycles. The van der Waals surface area contributed by atoms with E-state index in [2.05, 4.69) is 105 Å². The Morgan fingerprint density at radius 3 is 0.902 bits per heavy atom. The molecule has 12 atom stereocenters. The zero-order valence-electron chi connectivity index (χ0n) is 22.7. The van der Waals surface area contributed by atoms with Crippen molar-refractivity contribution in [1.29, 1.82) is 0 Å². The summed E-state index contributed by atoms with van der Waals surface area (Å²) in [5.74, 6) is 8.61. The van der Waals surface area contributed by atoms with Gasteiger partial charge in [0.1, 0.15) is 0 Å². The monoisotopic (exact) mass is 656 g/mol. The Bertz CT molecular complexity index is 1750. The lowest BCUT2D eigenvalue weighted by atomic mass is 9.55. The summed E-state index contributed by atoms with van der Waals surface area (Å²) in [4.78, 5) is 0. The van der Waals surface area contributed by atoms with Crippen molar-refractivity contribution < 1.29 is 0 Å². The number of hydrogen-bond donors (Lipinski definition) is 0. The Balaban J connectivity index is 1.06. The molecule has 0 aromatic heterocycles. The van der Waals surface area contributed by atoms with Crippen LogP contribution in [0.1, 0.15) is 88.2 Å². The highest BCUT2D eigenvalue weighted by molar-refractivity contribution is 9.12. The summed E-state index contributed by atoms with van der Waals surface area (Å²) < 4.78 is 3.18. The minimum atomic E-state index is 0.688. The van der Waals surface area contributed by atoms with Crippen molar-refractivity contribution in [2.24, 2.45) is 35.5 Å². The second-order valence-electron chi connectivity index (χ2n) is 14.7. The van der Waals surface area contributed by atoms with Gasteiger partial charge in [0.2, 0.25) is 0 Å². The molecule has 0 radical (unpaired) electrons. The van der Waals surface area contributed by atoms with Crippen molar-refractivity contribution >= 4 is 31.9 Å². The molecule has 2 heteroatoms.